The van der Waals surface area contributed by atoms with Gasteiger partial charge < -0.3 is 14.9 Å². The smallest absolute Gasteiger partial charge is 0.392 e. The van der Waals surface area contributed by atoms with Gasteiger partial charge in [-0.3, -0.25) is 9.58 Å². The maximum absolute atomic E-state index is 13.7. The first kappa shape index (κ1) is 25.7. The molecule has 196 valence electrons. The first-order chi connectivity index (χ1) is 17.1. The number of piperidine rings is 1. The number of aliphatic hydroxyl groups excluding tert-OH is 2. The lowest BCUT2D eigenvalue weighted by atomic mass is 9.81. The van der Waals surface area contributed by atoms with Gasteiger partial charge in [0.05, 0.1) is 43.5 Å². The Balaban J connectivity index is 1.25. The van der Waals surface area contributed by atoms with Crippen LogP contribution in [0.2, 0.25) is 0 Å². The highest BCUT2D eigenvalue weighted by Crippen LogP contribution is 2.52. The zero-order valence-corrected chi connectivity index (χ0v) is 21.0. The lowest BCUT2D eigenvalue weighted by Gasteiger charge is -2.47. The average molecular weight is 525 g/mol. The second-order valence-electron chi connectivity index (χ2n) is 10.6. The summed E-state index contributed by atoms with van der Waals surface area (Å²) in [6.07, 6.45) is 2.26. The van der Waals surface area contributed by atoms with E-state index >= 15 is 0 Å². The fourth-order valence-corrected chi connectivity index (χ4v) is 7.24. The van der Waals surface area contributed by atoms with Gasteiger partial charge in [-0.15, -0.1) is 11.3 Å². The van der Waals surface area contributed by atoms with Gasteiger partial charge in [0.2, 0.25) is 0 Å². The zero-order chi connectivity index (χ0) is 25.7. The number of aliphatic hydroxyl groups is 2. The SMILES string of the molecule is C[C@H]1C[C@@]2(CCN1Cc1cnn(CC(O)CC3(C#N)CC3)c1)OCCc1c2sc(C(F)(F)F)c1CO. The van der Waals surface area contributed by atoms with Gasteiger partial charge in [-0.05, 0) is 51.0 Å². The maximum Gasteiger partial charge on any atom is 0.425 e. The minimum atomic E-state index is -4.49. The van der Waals surface area contributed by atoms with E-state index in [0.29, 0.717) is 62.4 Å². The molecule has 11 heteroatoms. The second kappa shape index (κ2) is 9.40. The van der Waals surface area contributed by atoms with Crippen LogP contribution in [0.5, 0.6) is 0 Å². The number of hydrogen-bond donors (Lipinski definition) is 2. The monoisotopic (exact) mass is 524 g/mol. The molecule has 1 unspecified atom stereocenters. The van der Waals surface area contributed by atoms with E-state index in [1.54, 1.807) is 10.9 Å². The van der Waals surface area contributed by atoms with Crippen molar-refractivity contribution >= 4 is 11.3 Å². The predicted molar refractivity (Wildman–Crippen MR) is 126 cm³/mol. The van der Waals surface area contributed by atoms with Crippen LogP contribution in [0.1, 0.15) is 65.5 Å². The molecule has 1 aliphatic carbocycles. The molecule has 3 aliphatic rings. The highest BCUT2D eigenvalue weighted by Gasteiger charge is 2.48. The van der Waals surface area contributed by atoms with Crippen molar-refractivity contribution in [3.8, 4) is 6.07 Å². The van der Waals surface area contributed by atoms with Gasteiger partial charge >= 0.3 is 6.18 Å². The molecule has 36 heavy (non-hydrogen) atoms. The van der Waals surface area contributed by atoms with Crippen molar-refractivity contribution in [2.45, 2.75) is 89.1 Å². The Bertz CT molecular complexity index is 1150. The third-order valence-electron chi connectivity index (χ3n) is 7.92. The molecule has 1 saturated heterocycles. The molecule has 1 saturated carbocycles. The summed E-state index contributed by atoms with van der Waals surface area (Å²) in [5, 5.41) is 33.7. The van der Waals surface area contributed by atoms with Crippen LogP contribution in [0.4, 0.5) is 13.2 Å². The maximum atomic E-state index is 13.7. The number of ether oxygens (including phenoxy) is 1. The van der Waals surface area contributed by atoms with Gasteiger partial charge in [0, 0.05) is 41.3 Å². The minimum Gasteiger partial charge on any atom is -0.392 e. The number of halogens is 3. The van der Waals surface area contributed by atoms with Crippen LogP contribution >= 0.6 is 11.3 Å². The number of nitriles is 1. The quantitative estimate of drug-likeness (QED) is 0.570. The molecule has 7 nitrogen and oxygen atoms in total. The Morgan fingerprint density at radius 2 is 2.14 bits per heavy atom. The lowest BCUT2D eigenvalue weighted by molar-refractivity contribution is -0.135. The zero-order valence-electron chi connectivity index (χ0n) is 20.2. The normalized spacial score (nSPS) is 26.5. The number of hydrogen-bond acceptors (Lipinski definition) is 7. The highest BCUT2D eigenvalue weighted by atomic mass is 32.1. The Kier molecular flexibility index (Phi) is 6.71. The number of likely N-dealkylation sites (tertiary alicyclic amines) is 1. The highest BCUT2D eigenvalue weighted by molar-refractivity contribution is 7.12. The summed E-state index contributed by atoms with van der Waals surface area (Å²) in [5.41, 5.74) is 0.504. The number of fused-ring (bicyclic) bond motifs is 2. The Morgan fingerprint density at radius 1 is 1.36 bits per heavy atom. The van der Waals surface area contributed by atoms with E-state index in [-0.39, 0.29) is 17.0 Å². The van der Waals surface area contributed by atoms with Gasteiger partial charge in [-0.2, -0.15) is 23.5 Å². The van der Waals surface area contributed by atoms with Crippen LogP contribution in [-0.4, -0.2) is 50.2 Å². The Hall–Kier alpha value is -1.97. The molecule has 2 aromatic rings. The molecular formula is C25H31F3N4O3S. The van der Waals surface area contributed by atoms with Crippen molar-refractivity contribution in [1.82, 2.24) is 14.7 Å². The molecule has 2 N–H and O–H groups in total. The molecule has 1 spiro atoms. The van der Waals surface area contributed by atoms with Crippen LogP contribution < -0.4 is 0 Å². The Labute approximate surface area is 212 Å². The van der Waals surface area contributed by atoms with Crippen LogP contribution in [-0.2, 0) is 42.6 Å². The summed E-state index contributed by atoms with van der Waals surface area (Å²) in [6.45, 7) is 3.44. The number of thiophene rings is 1. The van der Waals surface area contributed by atoms with Crippen LogP contribution in [0, 0.1) is 16.7 Å². The molecular weight excluding hydrogens is 493 g/mol. The van der Waals surface area contributed by atoms with Gasteiger partial charge in [-0.25, -0.2) is 0 Å². The van der Waals surface area contributed by atoms with E-state index in [2.05, 4.69) is 23.0 Å². The van der Waals surface area contributed by atoms with Crippen LogP contribution in [0.3, 0.4) is 0 Å². The molecule has 2 aromatic heterocycles. The molecule has 0 aromatic carbocycles. The largest absolute Gasteiger partial charge is 0.425 e. The lowest BCUT2D eigenvalue weighted by Crippen LogP contribution is -2.50. The number of alkyl halides is 3. The predicted octanol–water partition coefficient (Wildman–Crippen LogP) is 3.96. The summed E-state index contributed by atoms with van der Waals surface area (Å²) in [7, 11) is 0. The third kappa shape index (κ3) is 4.82. The van der Waals surface area contributed by atoms with E-state index in [4.69, 9.17) is 4.74 Å². The van der Waals surface area contributed by atoms with Crippen molar-refractivity contribution < 1.29 is 28.1 Å². The topological polar surface area (TPSA) is 94.5 Å². The second-order valence-corrected chi connectivity index (χ2v) is 11.6. The van der Waals surface area contributed by atoms with Crippen molar-refractivity contribution in [2.24, 2.45) is 5.41 Å². The van der Waals surface area contributed by atoms with E-state index < -0.39 is 29.4 Å². The van der Waals surface area contributed by atoms with E-state index in [1.165, 1.54) is 0 Å². The number of rotatable bonds is 7. The minimum absolute atomic E-state index is 0.0113. The molecule has 3 atom stereocenters. The van der Waals surface area contributed by atoms with E-state index in [1.807, 2.05) is 6.20 Å². The van der Waals surface area contributed by atoms with Gasteiger partial charge in [0.15, 0.2) is 0 Å². The van der Waals surface area contributed by atoms with E-state index in [9.17, 15) is 28.6 Å². The Morgan fingerprint density at radius 3 is 2.78 bits per heavy atom. The number of nitrogens with zero attached hydrogens (tertiary/aromatic N) is 4. The summed E-state index contributed by atoms with van der Waals surface area (Å²) >= 11 is 0.739. The molecule has 2 fully saturated rings. The van der Waals surface area contributed by atoms with Gasteiger partial charge in [0.1, 0.15) is 10.5 Å². The van der Waals surface area contributed by atoms with Crippen molar-refractivity contribution in [3.63, 3.8) is 0 Å². The fraction of sp³-hybridized carbons (Fsp3) is 0.680. The van der Waals surface area contributed by atoms with Crippen LogP contribution in [0.25, 0.3) is 0 Å². The third-order valence-corrected chi connectivity index (χ3v) is 9.42. The van der Waals surface area contributed by atoms with Crippen molar-refractivity contribution in [3.05, 3.63) is 38.8 Å². The molecule has 5 rings (SSSR count). The summed E-state index contributed by atoms with van der Waals surface area (Å²) in [5.74, 6) is 0. The molecule has 4 heterocycles. The van der Waals surface area contributed by atoms with Crippen molar-refractivity contribution in [1.29, 1.82) is 5.26 Å². The first-order valence-corrected chi connectivity index (χ1v) is 13.2. The summed E-state index contributed by atoms with van der Waals surface area (Å²) in [4.78, 5) is 2.21. The van der Waals surface area contributed by atoms with Crippen molar-refractivity contribution in [2.75, 3.05) is 13.2 Å². The first-order valence-electron chi connectivity index (χ1n) is 12.4. The van der Waals surface area contributed by atoms with Gasteiger partial charge in [-0.1, -0.05) is 0 Å². The molecule has 0 amide bonds. The molecule has 0 radical (unpaired) electrons. The standard InChI is InChI=1S/C25H31F3N4O3S/c1-16-8-24(21-19(2-7-35-24)20(14-33)22(36-21)25(26,27)28)5-6-31(16)11-17-10-30-32(12-17)13-18(34)9-23(15-29)3-4-23/h10,12,16,18,33-34H,2-9,11,13-14H2,1H3/t16-,18?,24+/m0/s1. The molecule has 2 aliphatic heterocycles. The van der Waals surface area contributed by atoms with Gasteiger partial charge in [0.25, 0.3) is 0 Å². The number of aromatic nitrogens is 2. The van der Waals surface area contributed by atoms with E-state index in [0.717, 1.165) is 29.7 Å². The summed E-state index contributed by atoms with van der Waals surface area (Å²) < 4.78 is 48.9. The molecule has 0 bridgehead atoms. The average Bonchev–Trinajstić information content (AvgIpc) is 3.26. The van der Waals surface area contributed by atoms with Crippen LogP contribution in [0.15, 0.2) is 12.4 Å². The fourth-order valence-electron chi connectivity index (χ4n) is 5.83. The summed E-state index contributed by atoms with van der Waals surface area (Å²) in [6, 6.07) is 2.37.